The number of nitrogens with zero attached hydrogens (tertiary/aromatic N) is 1. The maximum Gasteiger partial charge on any atom is 0.349 e. The van der Waals surface area contributed by atoms with Gasteiger partial charge in [-0.2, -0.15) is 0 Å². The molecule has 0 aliphatic rings. The lowest BCUT2D eigenvalue weighted by atomic mass is 10.1. The maximum atomic E-state index is 11.2. The zero-order chi connectivity index (χ0) is 14.7. The van der Waals surface area contributed by atoms with E-state index in [0.29, 0.717) is 16.3 Å². The Kier molecular flexibility index (Phi) is 4.10. The summed E-state index contributed by atoms with van der Waals surface area (Å²) < 4.78 is 6.60. The summed E-state index contributed by atoms with van der Waals surface area (Å²) in [6.07, 6.45) is 2.23. The van der Waals surface area contributed by atoms with Crippen LogP contribution in [0.2, 0.25) is 5.02 Å². The molecule has 1 aromatic carbocycles. The van der Waals surface area contributed by atoms with Gasteiger partial charge in [-0.25, -0.2) is 4.79 Å². The third-order valence-corrected chi connectivity index (χ3v) is 2.84. The van der Waals surface area contributed by atoms with Crippen molar-refractivity contribution in [2.75, 3.05) is 0 Å². The number of aromatic nitrogens is 1. The van der Waals surface area contributed by atoms with Gasteiger partial charge >= 0.3 is 11.9 Å². The number of hydrogen-bond acceptors (Lipinski definition) is 3. The topological polar surface area (TPSA) is 68.5 Å². The van der Waals surface area contributed by atoms with Crippen molar-refractivity contribution in [3.8, 4) is 5.69 Å². The number of ether oxygens (including phenoxy) is 1. The van der Waals surface area contributed by atoms with Crippen molar-refractivity contribution in [1.82, 2.24) is 4.57 Å². The highest BCUT2D eigenvalue weighted by Crippen LogP contribution is 2.25. The van der Waals surface area contributed by atoms with Gasteiger partial charge in [0.1, 0.15) is 0 Å². The van der Waals surface area contributed by atoms with Gasteiger partial charge in [-0.3, -0.25) is 4.79 Å². The first-order valence-electron chi connectivity index (χ1n) is 5.81. The van der Waals surface area contributed by atoms with Gasteiger partial charge in [0, 0.05) is 35.6 Å². The second kappa shape index (κ2) is 5.79. The van der Waals surface area contributed by atoms with Gasteiger partial charge < -0.3 is 14.4 Å². The highest BCUT2D eigenvalue weighted by Gasteiger charge is 2.24. The summed E-state index contributed by atoms with van der Waals surface area (Å²) in [5.41, 5.74) is 1.000. The summed E-state index contributed by atoms with van der Waals surface area (Å²) >= 11 is 6.01. The number of esters is 1. The largest absolute Gasteiger partial charge is 0.478 e. The molecule has 1 aromatic heterocycles. The Balaban J connectivity index is 2.45. The lowest BCUT2D eigenvalue weighted by Gasteiger charge is -2.15. The molecule has 1 atom stereocenters. The van der Waals surface area contributed by atoms with E-state index in [2.05, 4.69) is 0 Å². The number of halogens is 1. The third kappa shape index (κ3) is 3.19. The normalized spacial score (nSPS) is 11.9. The molecular formula is C14H12ClNO4. The van der Waals surface area contributed by atoms with Gasteiger partial charge in [0.2, 0.25) is 6.10 Å². The molecule has 0 bridgehead atoms. The second-order valence-corrected chi connectivity index (χ2v) is 4.60. The van der Waals surface area contributed by atoms with Crippen LogP contribution < -0.4 is 0 Å². The molecule has 0 radical (unpaired) electrons. The van der Waals surface area contributed by atoms with E-state index in [1.54, 1.807) is 29.1 Å². The van der Waals surface area contributed by atoms with E-state index in [1.165, 1.54) is 6.07 Å². The van der Waals surface area contributed by atoms with Crippen molar-refractivity contribution in [1.29, 1.82) is 0 Å². The molecule has 0 saturated heterocycles. The molecule has 0 amide bonds. The fourth-order valence-electron chi connectivity index (χ4n) is 1.83. The van der Waals surface area contributed by atoms with E-state index in [4.69, 9.17) is 21.4 Å². The fourth-order valence-corrected chi connectivity index (χ4v) is 2.07. The standard InChI is InChI=1S/C14H12ClNO4/c1-9(17)20-13(14(18)19)10-6-11(15)8-12(7-10)16-4-2-3-5-16/h2-8,13H,1H3,(H,18,19)/t13-/m0/s1. The fraction of sp³-hybridized carbons (Fsp3) is 0.143. The minimum Gasteiger partial charge on any atom is -0.478 e. The van der Waals surface area contributed by atoms with Crippen molar-refractivity contribution >= 4 is 23.5 Å². The van der Waals surface area contributed by atoms with Crippen LogP contribution in [0.1, 0.15) is 18.6 Å². The minimum atomic E-state index is -1.37. The van der Waals surface area contributed by atoms with Crippen LogP contribution in [0.4, 0.5) is 0 Å². The van der Waals surface area contributed by atoms with E-state index < -0.39 is 18.0 Å². The highest BCUT2D eigenvalue weighted by molar-refractivity contribution is 6.30. The molecule has 0 aliphatic carbocycles. The first-order valence-corrected chi connectivity index (χ1v) is 6.19. The van der Waals surface area contributed by atoms with Gasteiger partial charge in [-0.05, 0) is 30.3 Å². The molecule has 2 aromatic rings. The van der Waals surface area contributed by atoms with Crippen molar-refractivity contribution in [2.24, 2.45) is 0 Å². The lowest BCUT2D eigenvalue weighted by Crippen LogP contribution is -2.18. The SMILES string of the molecule is CC(=O)O[C@H](C(=O)O)c1cc(Cl)cc(-n2cccc2)c1. The first kappa shape index (κ1) is 14.1. The number of rotatable bonds is 4. The Labute approximate surface area is 120 Å². The molecule has 0 fully saturated rings. The average Bonchev–Trinajstić information content (AvgIpc) is 2.88. The second-order valence-electron chi connectivity index (χ2n) is 4.16. The van der Waals surface area contributed by atoms with Crippen LogP contribution >= 0.6 is 11.6 Å². The van der Waals surface area contributed by atoms with E-state index in [0.717, 1.165) is 6.92 Å². The first-order chi connectivity index (χ1) is 9.47. The van der Waals surface area contributed by atoms with Crippen LogP contribution in [-0.2, 0) is 14.3 Å². The minimum absolute atomic E-state index is 0.309. The Hall–Kier alpha value is -2.27. The van der Waals surface area contributed by atoms with Gasteiger partial charge in [-0.1, -0.05) is 11.6 Å². The molecule has 0 spiro atoms. The predicted octanol–water partition coefficient (Wildman–Crippen LogP) is 2.82. The van der Waals surface area contributed by atoms with Crippen LogP contribution in [0.15, 0.2) is 42.7 Å². The molecule has 1 heterocycles. The Bertz CT molecular complexity index is 637. The molecule has 0 aliphatic heterocycles. The number of carboxylic acids is 1. The van der Waals surface area contributed by atoms with Crippen molar-refractivity contribution < 1.29 is 19.4 Å². The third-order valence-electron chi connectivity index (χ3n) is 2.62. The Morgan fingerprint density at radius 2 is 1.90 bits per heavy atom. The van der Waals surface area contributed by atoms with Crippen LogP contribution in [0, 0.1) is 0 Å². The van der Waals surface area contributed by atoms with Crippen LogP contribution in [0.3, 0.4) is 0 Å². The summed E-state index contributed by atoms with van der Waals surface area (Å²) in [4.78, 5) is 22.2. The Morgan fingerprint density at radius 1 is 1.25 bits per heavy atom. The van der Waals surface area contributed by atoms with E-state index in [9.17, 15) is 9.59 Å². The molecule has 104 valence electrons. The number of carboxylic acid groups (broad SMARTS) is 1. The van der Waals surface area contributed by atoms with Gasteiger partial charge in [-0.15, -0.1) is 0 Å². The Morgan fingerprint density at radius 3 is 2.45 bits per heavy atom. The van der Waals surface area contributed by atoms with Crippen LogP contribution in [-0.4, -0.2) is 21.6 Å². The van der Waals surface area contributed by atoms with Gasteiger partial charge in [0.25, 0.3) is 0 Å². The molecule has 5 nitrogen and oxygen atoms in total. The number of aliphatic carboxylic acids is 1. The van der Waals surface area contributed by atoms with E-state index in [1.807, 2.05) is 12.1 Å². The van der Waals surface area contributed by atoms with Crippen molar-refractivity contribution in [2.45, 2.75) is 13.0 Å². The van der Waals surface area contributed by atoms with Crippen LogP contribution in [0.25, 0.3) is 5.69 Å². The van der Waals surface area contributed by atoms with E-state index in [-0.39, 0.29) is 0 Å². The summed E-state index contributed by atoms with van der Waals surface area (Å²) in [6.45, 7) is 1.16. The van der Waals surface area contributed by atoms with Crippen molar-refractivity contribution in [3.63, 3.8) is 0 Å². The van der Waals surface area contributed by atoms with Gasteiger partial charge in [0.05, 0.1) is 0 Å². The summed E-state index contributed by atoms with van der Waals surface area (Å²) in [6, 6.07) is 8.45. The molecular weight excluding hydrogens is 282 g/mol. The summed E-state index contributed by atoms with van der Waals surface area (Å²) in [5, 5.41) is 9.53. The number of carbonyl (C=O) groups excluding carboxylic acids is 1. The lowest BCUT2D eigenvalue weighted by molar-refractivity contribution is -0.163. The zero-order valence-electron chi connectivity index (χ0n) is 10.6. The average molecular weight is 294 g/mol. The highest BCUT2D eigenvalue weighted by atomic mass is 35.5. The number of benzene rings is 1. The molecule has 1 N–H and O–H groups in total. The number of hydrogen-bond donors (Lipinski definition) is 1. The summed E-state index contributed by atoms with van der Waals surface area (Å²) in [7, 11) is 0. The van der Waals surface area contributed by atoms with Gasteiger partial charge in [0.15, 0.2) is 0 Å². The molecule has 0 unspecified atom stereocenters. The maximum absolute atomic E-state index is 11.2. The van der Waals surface area contributed by atoms with Crippen molar-refractivity contribution in [3.05, 3.63) is 53.3 Å². The molecule has 2 rings (SSSR count). The predicted molar refractivity (Wildman–Crippen MR) is 72.9 cm³/mol. The monoisotopic (exact) mass is 293 g/mol. The summed E-state index contributed by atoms with van der Waals surface area (Å²) in [5.74, 6) is -1.92. The quantitative estimate of drug-likeness (QED) is 0.880. The molecule has 20 heavy (non-hydrogen) atoms. The zero-order valence-corrected chi connectivity index (χ0v) is 11.4. The smallest absolute Gasteiger partial charge is 0.349 e. The number of carbonyl (C=O) groups is 2. The van der Waals surface area contributed by atoms with Crippen LogP contribution in [0.5, 0.6) is 0 Å². The molecule has 0 saturated carbocycles. The molecule has 6 heteroatoms. The van der Waals surface area contributed by atoms with E-state index >= 15 is 0 Å².